The highest BCUT2D eigenvalue weighted by Crippen LogP contribution is 2.18. The number of ether oxygens (including phenoxy) is 1. The van der Waals surface area contributed by atoms with Crippen LogP contribution in [0.2, 0.25) is 0 Å². The largest absolute Gasteiger partial charge is 0.379 e. The summed E-state index contributed by atoms with van der Waals surface area (Å²) in [4.78, 5) is 0. The molecule has 96 valence electrons. The number of benzene rings is 1. The van der Waals surface area contributed by atoms with Gasteiger partial charge in [-0.1, -0.05) is 18.2 Å². The lowest BCUT2D eigenvalue weighted by molar-refractivity contribution is 0.00704. The van der Waals surface area contributed by atoms with Crippen LogP contribution in [-0.2, 0) is 11.2 Å². The molecule has 0 heterocycles. The molecule has 1 unspecified atom stereocenters. The summed E-state index contributed by atoms with van der Waals surface area (Å²) < 4.78 is 18.8. The number of rotatable bonds is 6. The van der Waals surface area contributed by atoms with Crippen molar-refractivity contribution >= 4 is 0 Å². The predicted octanol–water partition coefficient (Wildman–Crippen LogP) is 2.02. The Labute approximate surface area is 102 Å². The molecule has 0 bridgehead atoms. The van der Waals surface area contributed by atoms with E-state index in [4.69, 9.17) is 10.6 Å². The highest BCUT2D eigenvalue weighted by Gasteiger charge is 2.22. The second-order valence-electron chi connectivity index (χ2n) is 4.83. The maximum Gasteiger partial charge on any atom is 0.126 e. The minimum Gasteiger partial charge on any atom is -0.379 e. The van der Waals surface area contributed by atoms with Crippen LogP contribution in [0.3, 0.4) is 0 Å². The van der Waals surface area contributed by atoms with E-state index in [1.807, 2.05) is 19.9 Å². The Morgan fingerprint density at radius 2 is 2.06 bits per heavy atom. The number of hydrogen-bond donors (Lipinski definition) is 2. The first-order chi connectivity index (χ1) is 7.98. The normalized spacial score (nSPS) is 13.7. The maximum atomic E-state index is 13.5. The smallest absolute Gasteiger partial charge is 0.126 e. The van der Waals surface area contributed by atoms with Gasteiger partial charge in [0.05, 0.1) is 5.60 Å². The maximum absolute atomic E-state index is 13.5. The van der Waals surface area contributed by atoms with Gasteiger partial charge in [0.25, 0.3) is 0 Å². The Morgan fingerprint density at radius 3 is 2.59 bits per heavy atom. The van der Waals surface area contributed by atoms with Gasteiger partial charge in [-0.05, 0) is 38.3 Å². The van der Waals surface area contributed by atoms with Crippen molar-refractivity contribution in [1.82, 2.24) is 5.43 Å². The molecule has 1 aromatic carbocycles. The Hall–Kier alpha value is -0.970. The van der Waals surface area contributed by atoms with Crippen LogP contribution < -0.4 is 11.3 Å². The molecule has 4 heteroatoms. The van der Waals surface area contributed by atoms with Crippen LogP contribution in [0.1, 0.15) is 25.8 Å². The van der Waals surface area contributed by atoms with Crippen LogP contribution >= 0.6 is 0 Å². The monoisotopic (exact) mass is 240 g/mol. The zero-order valence-electron chi connectivity index (χ0n) is 10.7. The summed E-state index contributed by atoms with van der Waals surface area (Å²) in [6.07, 6.45) is 1.27. The summed E-state index contributed by atoms with van der Waals surface area (Å²) in [6.45, 7) is 3.97. The summed E-state index contributed by atoms with van der Waals surface area (Å²) in [5.41, 5.74) is 3.11. The number of halogens is 1. The Morgan fingerprint density at radius 1 is 1.41 bits per heavy atom. The van der Waals surface area contributed by atoms with E-state index in [0.29, 0.717) is 18.4 Å². The third-order valence-electron chi connectivity index (χ3n) is 2.95. The van der Waals surface area contributed by atoms with E-state index in [1.165, 1.54) is 6.07 Å². The van der Waals surface area contributed by atoms with Gasteiger partial charge in [0.15, 0.2) is 0 Å². The second kappa shape index (κ2) is 6.10. The molecule has 0 saturated carbocycles. The topological polar surface area (TPSA) is 47.3 Å². The van der Waals surface area contributed by atoms with Crippen LogP contribution in [0.25, 0.3) is 0 Å². The average molecular weight is 240 g/mol. The Balaban J connectivity index is 2.68. The first-order valence-corrected chi connectivity index (χ1v) is 5.73. The molecule has 0 aromatic heterocycles. The SMILES string of the molecule is COC(C)(C)CC(Cc1ccccc1F)NN. The van der Waals surface area contributed by atoms with Gasteiger partial charge < -0.3 is 4.74 Å². The van der Waals surface area contributed by atoms with Crippen molar-refractivity contribution in [3.05, 3.63) is 35.6 Å². The molecule has 3 nitrogen and oxygen atoms in total. The van der Waals surface area contributed by atoms with Crippen LogP contribution in [0.15, 0.2) is 24.3 Å². The number of hydrogen-bond acceptors (Lipinski definition) is 3. The lowest BCUT2D eigenvalue weighted by atomic mass is 9.94. The first-order valence-electron chi connectivity index (χ1n) is 5.73. The van der Waals surface area contributed by atoms with Crippen LogP contribution in [-0.4, -0.2) is 18.8 Å². The molecule has 0 amide bonds. The van der Waals surface area contributed by atoms with Gasteiger partial charge in [0.2, 0.25) is 0 Å². The third-order valence-corrected chi connectivity index (χ3v) is 2.95. The van der Waals surface area contributed by atoms with Gasteiger partial charge in [0.1, 0.15) is 5.82 Å². The van der Waals surface area contributed by atoms with E-state index < -0.39 is 0 Å². The van der Waals surface area contributed by atoms with E-state index >= 15 is 0 Å². The van der Waals surface area contributed by atoms with Crippen molar-refractivity contribution in [2.45, 2.75) is 38.3 Å². The summed E-state index contributed by atoms with van der Waals surface area (Å²) in [5, 5.41) is 0. The van der Waals surface area contributed by atoms with Crippen molar-refractivity contribution in [2.24, 2.45) is 5.84 Å². The van der Waals surface area contributed by atoms with E-state index in [-0.39, 0.29) is 17.5 Å². The van der Waals surface area contributed by atoms with Crippen molar-refractivity contribution in [2.75, 3.05) is 7.11 Å². The van der Waals surface area contributed by atoms with Gasteiger partial charge in [-0.25, -0.2) is 4.39 Å². The molecular weight excluding hydrogens is 219 g/mol. The summed E-state index contributed by atoms with van der Waals surface area (Å²) in [5.74, 6) is 5.31. The molecule has 0 spiro atoms. The quantitative estimate of drug-likeness (QED) is 0.590. The first kappa shape index (κ1) is 14.1. The molecule has 1 aromatic rings. The van der Waals surface area contributed by atoms with Gasteiger partial charge >= 0.3 is 0 Å². The van der Waals surface area contributed by atoms with Crippen LogP contribution in [0, 0.1) is 5.82 Å². The molecule has 0 aliphatic rings. The number of nitrogens with one attached hydrogen (secondary N) is 1. The predicted molar refractivity (Wildman–Crippen MR) is 66.9 cm³/mol. The molecular formula is C13H21FN2O. The molecule has 0 fully saturated rings. The van der Waals surface area contributed by atoms with Gasteiger partial charge in [0, 0.05) is 13.2 Å². The van der Waals surface area contributed by atoms with Crippen molar-refractivity contribution in [1.29, 1.82) is 0 Å². The highest BCUT2D eigenvalue weighted by molar-refractivity contribution is 5.18. The minimum absolute atomic E-state index is 0.0122. The number of methoxy groups -OCH3 is 1. The lowest BCUT2D eigenvalue weighted by Crippen LogP contribution is -2.42. The zero-order chi connectivity index (χ0) is 12.9. The number of hydrazine groups is 1. The van der Waals surface area contributed by atoms with Crippen LogP contribution in [0.5, 0.6) is 0 Å². The van der Waals surface area contributed by atoms with Crippen molar-refractivity contribution in [3.63, 3.8) is 0 Å². The van der Waals surface area contributed by atoms with Crippen molar-refractivity contribution in [3.8, 4) is 0 Å². The molecule has 0 saturated heterocycles. The standard InChI is InChI=1S/C13H21FN2O/c1-13(2,17-3)9-11(16-15)8-10-6-4-5-7-12(10)14/h4-7,11,16H,8-9,15H2,1-3H3. The summed E-state index contributed by atoms with van der Waals surface area (Å²) in [6, 6.07) is 6.74. The molecule has 0 aliphatic heterocycles. The van der Waals surface area contributed by atoms with Crippen LogP contribution in [0.4, 0.5) is 4.39 Å². The summed E-state index contributed by atoms with van der Waals surface area (Å²) in [7, 11) is 1.66. The molecule has 0 radical (unpaired) electrons. The van der Waals surface area contributed by atoms with Crippen molar-refractivity contribution < 1.29 is 9.13 Å². The fourth-order valence-corrected chi connectivity index (χ4v) is 1.80. The molecule has 1 atom stereocenters. The molecule has 0 aliphatic carbocycles. The van der Waals surface area contributed by atoms with E-state index in [1.54, 1.807) is 19.2 Å². The van der Waals surface area contributed by atoms with Gasteiger partial charge in [-0.3, -0.25) is 11.3 Å². The zero-order valence-corrected chi connectivity index (χ0v) is 10.7. The van der Waals surface area contributed by atoms with E-state index in [9.17, 15) is 4.39 Å². The molecule has 1 rings (SSSR count). The van der Waals surface area contributed by atoms with Gasteiger partial charge in [-0.15, -0.1) is 0 Å². The van der Waals surface area contributed by atoms with E-state index in [2.05, 4.69) is 5.43 Å². The van der Waals surface area contributed by atoms with Gasteiger partial charge in [-0.2, -0.15) is 0 Å². The lowest BCUT2D eigenvalue weighted by Gasteiger charge is -2.28. The number of nitrogens with two attached hydrogens (primary N) is 1. The summed E-state index contributed by atoms with van der Waals surface area (Å²) >= 11 is 0. The fourth-order valence-electron chi connectivity index (χ4n) is 1.80. The molecule has 3 N–H and O–H groups in total. The Kier molecular flexibility index (Phi) is 5.05. The molecule has 17 heavy (non-hydrogen) atoms. The highest BCUT2D eigenvalue weighted by atomic mass is 19.1. The average Bonchev–Trinajstić information content (AvgIpc) is 2.31. The third kappa shape index (κ3) is 4.42. The Bertz CT molecular complexity index is 355. The van der Waals surface area contributed by atoms with E-state index in [0.717, 1.165) is 0 Å². The fraction of sp³-hybridized carbons (Fsp3) is 0.538. The minimum atomic E-state index is -0.276. The second-order valence-corrected chi connectivity index (χ2v) is 4.83.